The van der Waals surface area contributed by atoms with Gasteiger partial charge in [-0.2, -0.15) is 0 Å². The molecule has 0 saturated heterocycles. The van der Waals surface area contributed by atoms with Gasteiger partial charge in [0.25, 0.3) is 0 Å². The van der Waals surface area contributed by atoms with E-state index < -0.39 is 0 Å². The standard InChI is InChI=1S/C13H18N4O/c1-4-16(3)12(18)8-17-11-7-9(2)5-6-10(11)15-13(17)14/h5-7H,4,8H2,1-3H3,(H2,14,15). The van der Waals surface area contributed by atoms with Crippen LogP contribution in [-0.2, 0) is 11.3 Å². The van der Waals surface area contributed by atoms with E-state index in [2.05, 4.69) is 4.98 Å². The zero-order valence-corrected chi connectivity index (χ0v) is 11.0. The van der Waals surface area contributed by atoms with E-state index in [0.717, 1.165) is 16.6 Å². The number of carbonyl (C=O) groups excluding carboxylic acids is 1. The van der Waals surface area contributed by atoms with Gasteiger partial charge in [-0.3, -0.25) is 4.79 Å². The number of aromatic nitrogens is 2. The molecule has 0 radical (unpaired) electrons. The molecule has 0 aliphatic carbocycles. The highest BCUT2D eigenvalue weighted by molar-refractivity contribution is 5.83. The van der Waals surface area contributed by atoms with Crippen molar-refractivity contribution in [2.24, 2.45) is 0 Å². The maximum Gasteiger partial charge on any atom is 0.242 e. The summed E-state index contributed by atoms with van der Waals surface area (Å²) in [6, 6.07) is 5.91. The largest absolute Gasteiger partial charge is 0.369 e. The highest BCUT2D eigenvalue weighted by atomic mass is 16.2. The number of likely N-dealkylation sites (N-methyl/N-ethyl adjacent to an activating group) is 1. The minimum absolute atomic E-state index is 0.0324. The molecule has 0 atom stereocenters. The number of benzene rings is 1. The maximum atomic E-state index is 11.9. The smallest absolute Gasteiger partial charge is 0.242 e. The first-order chi connectivity index (χ1) is 8.52. The molecular formula is C13H18N4O. The Morgan fingerprint density at radius 2 is 2.22 bits per heavy atom. The van der Waals surface area contributed by atoms with Crippen LogP contribution in [0.3, 0.4) is 0 Å². The first-order valence-electron chi connectivity index (χ1n) is 5.99. The second-order valence-electron chi connectivity index (χ2n) is 4.46. The van der Waals surface area contributed by atoms with Crippen molar-refractivity contribution < 1.29 is 4.79 Å². The molecule has 1 aromatic carbocycles. The average Bonchev–Trinajstić information content (AvgIpc) is 2.65. The van der Waals surface area contributed by atoms with Crippen LogP contribution in [0.4, 0.5) is 5.95 Å². The molecule has 1 amide bonds. The topological polar surface area (TPSA) is 64.2 Å². The summed E-state index contributed by atoms with van der Waals surface area (Å²) in [6.07, 6.45) is 0. The van der Waals surface area contributed by atoms with Crippen molar-refractivity contribution in [3.05, 3.63) is 23.8 Å². The summed E-state index contributed by atoms with van der Waals surface area (Å²) in [5, 5.41) is 0. The van der Waals surface area contributed by atoms with E-state index in [1.165, 1.54) is 0 Å². The van der Waals surface area contributed by atoms with Gasteiger partial charge in [-0.15, -0.1) is 0 Å². The Kier molecular flexibility index (Phi) is 3.23. The van der Waals surface area contributed by atoms with Gasteiger partial charge in [0.15, 0.2) is 0 Å². The maximum absolute atomic E-state index is 11.9. The summed E-state index contributed by atoms with van der Waals surface area (Å²) in [5.74, 6) is 0.415. The lowest BCUT2D eigenvalue weighted by atomic mass is 10.2. The molecule has 0 saturated carbocycles. The predicted molar refractivity (Wildman–Crippen MR) is 72.2 cm³/mol. The van der Waals surface area contributed by atoms with E-state index in [9.17, 15) is 4.79 Å². The van der Waals surface area contributed by atoms with Crippen molar-refractivity contribution in [3.63, 3.8) is 0 Å². The normalized spacial score (nSPS) is 10.8. The van der Waals surface area contributed by atoms with E-state index in [0.29, 0.717) is 12.5 Å². The Bertz CT molecular complexity index is 588. The van der Waals surface area contributed by atoms with Gasteiger partial charge in [-0.1, -0.05) is 6.07 Å². The molecule has 0 aliphatic rings. The fourth-order valence-corrected chi connectivity index (χ4v) is 1.85. The van der Waals surface area contributed by atoms with Crippen LogP contribution in [0.5, 0.6) is 0 Å². The quantitative estimate of drug-likeness (QED) is 0.890. The van der Waals surface area contributed by atoms with Crippen molar-refractivity contribution in [1.29, 1.82) is 0 Å². The molecular weight excluding hydrogens is 228 g/mol. The number of rotatable bonds is 3. The fraction of sp³-hybridized carbons (Fsp3) is 0.385. The number of nitrogen functional groups attached to an aromatic ring is 1. The van der Waals surface area contributed by atoms with Crippen molar-refractivity contribution in [1.82, 2.24) is 14.5 Å². The third-order valence-corrected chi connectivity index (χ3v) is 3.13. The van der Waals surface area contributed by atoms with Gasteiger partial charge < -0.3 is 15.2 Å². The number of imidazole rings is 1. The number of anilines is 1. The molecule has 0 unspecified atom stereocenters. The van der Waals surface area contributed by atoms with E-state index in [1.54, 1.807) is 16.5 Å². The lowest BCUT2D eigenvalue weighted by Gasteiger charge is -2.15. The number of fused-ring (bicyclic) bond motifs is 1. The van der Waals surface area contributed by atoms with Gasteiger partial charge in [0, 0.05) is 13.6 Å². The highest BCUT2D eigenvalue weighted by Crippen LogP contribution is 2.19. The Labute approximate surface area is 106 Å². The number of nitrogens with zero attached hydrogens (tertiary/aromatic N) is 3. The van der Waals surface area contributed by atoms with Crippen LogP contribution in [0.25, 0.3) is 11.0 Å². The summed E-state index contributed by atoms with van der Waals surface area (Å²) in [7, 11) is 1.78. The van der Waals surface area contributed by atoms with E-state index in [-0.39, 0.29) is 12.5 Å². The first-order valence-corrected chi connectivity index (χ1v) is 5.99. The SMILES string of the molecule is CCN(C)C(=O)Cn1c(N)nc2ccc(C)cc21. The molecule has 0 fully saturated rings. The summed E-state index contributed by atoms with van der Waals surface area (Å²) in [6.45, 7) is 4.87. The molecule has 1 heterocycles. The van der Waals surface area contributed by atoms with Crippen molar-refractivity contribution in [2.45, 2.75) is 20.4 Å². The van der Waals surface area contributed by atoms with E-state index in [1.807, 2.05) is 32.0 Å². The molecule has 2 N–H and O–H groups in total. The Morgan fingerprint density at radius 3 is 2.89 bits per heavy atom. The highest BCUT2D eigenvalue weighted by Gasteiger charge is 2.13. The number of carbonyl (C=O) groups is 1. The molecule has 0 spiro atoms. The zero-order valence-electron chi connectivity index (χ0n) is 11.0. The molecule has 18 heavy (non-hydrogen) atoms. The van der Waals surface area contributed by atoms with Crippen LogP contribution >= 0.6 is 0 Å². The molecule has 0 bridgehead atoms. The molecule has 5 heteroatoms. The number of nitrogens with two attached hydrogens (primary N) is 1. The predicted octanol–water partition coefficient (Wildman–Crippen LogP) is 1.41. The number of aryl methyl sites for hydroxylation is 1. The number of amides is 1. The fourth-order valence-electron chi connectivity index (χ4n) is 1.85. The summed E-state index contributed by atoms with van der Waals surface area (Å²) in [5.41, 5.74) is 8.73. The Balaban J connectivity index is 2.41. The third kappa shape index (κ3) is 2.16. The van der Waals surface area contributed by atoms with Gasteiger partial charge in [0.2, 0.25) is 11.9 Å². The van der Waals surface area contributed by atoms with Crippen molar-refractivity contribution in [3.8, 4) is 0 Å². The second-order valence-corrected chi connectivity index (χ2v) is 4.46. The Morgan fingerprint density at radius 1 is 1.50 bits per heavy atom. The van der Waals surface area contributed by atoms with Gasteiger partial charge in [0.05, 0.1) is 11.0 Å². The van der Waals surface area contributed by atoms with Crippen LogP contribution in [0.1, 0.15) is 12.5 Å². The summed E-state index contributed by atoms with van der Waals surface area (Å²) >= 11 is 0. The number of hydrogen-bond donors (Lipinski definition) is 1. The zero-order chi connectivity index (χ0) is 13.3. The summed E-state index contributed by atoms with van der Waals surface area (Å²) < 4.78 is 1.76. The van der Waals surface area contributed by atoms with Gasteiger partial charge >= 0.3 is 0 Å². The molecule has 0 aliphatic heterocycles. The summed E-state index contributed by atoms with van der Waals surface area (Å²) in [4.78, 5) is 17.9. The molecule has 2 rings (SSSR count). The van der Waals surface area contributed by atoms with Crippen LogP contribution < -0.4 is 5.73 Å². The van der Waals surface area contributed by atoms with Gasteiger partial charge in [0.1, 0.15) is 6.54 Å². The monoisotopic (exact) mass is 246 g/mol. The van der Waals surface area contributed by atoms with Crippen LogP contribution in [-0.4, -0.2) is 34.0 Å². The molecule has 96 valence electrons. The van der Waals surface area contributed by atoms with Crippen molar-refractivity contribution in [2.75, 3.05) is 19.3 Å². The van der Waals surface area contributed by atoms with E-state index in [4.69, 9.17) is 5.73 Å². The third-order valence-electron chi connectivity index (χ3n) is 3.13. The van der Waals surface area contributed by atoms with E-state index >= 15 is 0 Å². The molecule has 2 aromatic rings. The minimum Gasteiger partial charge on any atom is -0.369 e. The Hall–Kier alpha value is -2.04. The number of hydrogen-bond acceptors (Lipinski definition) is 3. The van der Waals surface area contributed by atoms with Crippen molar-refractivity contribution >= 4 is 22.9 Å². The minimum atomic E-state index is 0.0324. The van der Waals surface area contributed by atoms with Crippen LogP contribution in [0, 0.1) is 6.92 Å². The average molecular weight is 246 g/mol. The first kappa shape index (κ1) is 12.4. The van der Waals surface area contributed by atoms with Gasteiger partial charge in [-0.05, 0) is 31.5 Å². The van der Waals surface area contributed by atoms with Gasteiger partial charge in [-0.25, -0.2) is 4.98 Å². The van der Waals surface area contributed by atoms with Crippen LogP contribution in [0.2, 0.25) is 0 Å². The lowest BCUT2D eigenvalue weighted by molar-refractivity contribution is -0.130. The van der Waals surface area contributed by atoms with Crippen LogP contribution in [0.15, 0.2) is 18.2 Å². The molecule has 1 aromatic heterocycles. The molecule has 5 nitrogen and oxygen atoms in total. The second kappa shape index (κ2) is 4.68. The lowest BCUT2D eigenvalue weighted by Crippen LogP contribution is -2.30.